The number of amides is 1. The van der Waals surface area contributed by atoms with Gasteiger partial charge in [0.1, 0.15) is 5.69 Å². The minimum Gasteiger partial charge on any atom is -0.467 e. The lowest BCUT2D eigenvalue weighted by atomic mass is 10.3. The summed E-state index contributed by atoms with van der Waals surface area (Å²) in [6.45, 7) is -0.497. The van der Waals surface area contributed by atoms with Crippen molar-refractivity contribution in [2.75, 3.05) is 13.7 Å². The van der Waals surface area contributed by atoms with Gasteiger partial charge in [0.05, 0.1) is 13.7 Å². The van der Waals surface area contributed by atoms with Gasteiger partial charge < -0.3 is 19.7 Å². The molecule has 1 aromatic rings. The molecule has 0 saturated carbocycles. The number of carbonyl (C=O) groups excluding carboxylic acids is 2. The van der Waals surface area contributed by atoms with Crippen molar-refractivity contribution in [3.8, 4) is 0 Å². The number of carbonyl (C=O) groups is 2. The number of aliphatic hydroxyl groups excluding tert-OH is 1. The minimum absolute atomic E-state index is 0.405. The zero-order valence-electron chi connectivity index (χ0n) is 9.14. The first-order valence-electron chi connectivity index (χ1n) is 4.71. The Kier molecular flexibility index (Phi) is 4.07. The molecular formula is C10H14N2O4. The van der Waals surface area contributed by atoms with Crippen LogP contribution in [-0.4, -0.2) is 41.3 Å². The highest BCUT2D eigenvalue weighted by molar-refractivity contribution is 5.95. The van der Waals surface area contributed by atoms with Gasteiger partial charge in [-0.25, -0.2) is 4.79 Å². The van der Waals surface area contributed by atoms with Crippen molar-refractivity contribution in [3.63, 3.8) is 0 Å². The molecule has 0 radical (unpaired) electrons. The van der Waals surface area contributed by atoms with Crippen LogP contribution >= 0.6 is 0 Å². The molecule has 1 atom stereocenters. The molecule has 1 rings (SSSR count). The number of ether oxygens (including phenoxy) is 1. The second kappa shape index (κ2) is 5.32. The van der Waals surface area contributed by atoms with Gasteiger partial charge in [0.25, 0.3) is 5.91 Å². The van der Waals surface area contributed by atoms with Gasteiger partial charge >= 0.3 is 5.97 Å². The lowest BCUT2D eigenvalue weighted by Crippen LogP contribution is -2.44. The Labute approximate surface area is 92.8 Å². The van der Waals surface area contributed by atoms with E-state index in [9.17, 15) is 9.59 Å². The third kappa shape index (κ3) is 2.60. The van der Waals surface area contributed by atoms with E-state index in [1.54, 1.807) is 29.9 Å². The molecule has 0 aliphatic heterocycles. The Hall–Kier alpha value is -1.82. The molecule has 1 heterocycles. The van der Waals surface area contributed by atoms with E-state index in [4.69, 9.17) is 5.11 Å². The number of methoxy groups -OCH3 is 1. The molecule has 6 nitrogen and oxygen atoms in total. The molecule has 16 heavy (non-hydrogen) atoms. The van der Waals surface area contributed by atoms with E-state index >= 15 is 0 Å². The molecule has 0 saturated heterocycles. The fourth-order valence-corrected chi connectivity index (χ4v) is 1.25. The van der Waals surface area contributed by atoms with Crippen molar-refractivity contribution in [2.45, 2.75) is 6.04 Å². The van der Waals surface area contributed by atoms with Crippen molar-refractivity contribution < 1.29 is 19.4 Å². The van der Waals surface area contributed by atoms with Crippen LogP contribution in [0.1, 0.15) is 10.5 Å². The molecular weight excluding hydrogens is 212 g/mol. The van der Waals surface area contributed by atoms with Crippen LogP contribution in [0.3, 0.4) is 0 Å². The zero-order valence-corrected chi connectivity index (χ0v) is 9.14. The standard InChI is InChI=1S/C10H14N2O4/c1-12-5-3-4-8(12)9(14)11-7(6-13)10(15)16-2/h3-5,7,13H,6H2,1-2H3,(H,11,14). The fourth-order valence-electron chi connectivity index (χ4n) is 1.25. The number of nitrogens with one attached hydrogen (secondary N) is 1. The van der Waals surface area contributed by atoms with Gasteiger partial charge in [0.2, 0.25) is 0 Å². The molecule has 0 aliphatic carbocycles. The van der Waals surface area contributed by atoms with Gasteiger partial charge in [0.15, 0.2) is 6.04 Å². The summed E-state index contributed by atoms with van der Waals surface area (Å²) in [4.78, 5) is 22.8. The highest BCUT2D eigenvalue weighted by Gasteiger charge is 2.21. The molecule has 0 aromatic carbocycles. The average Bonchev–Trinajstić information content (AvgIpc) is 2.71. The molecule has 1 amide bonds. The van der Waals surface area contributed by atoms with Crippen molar-refractivity contribution >= 4 is 11.9 Å². The Balaban J connectivity index is 2.70. The molecule has 88 valence electrons. The number of hydrogen-bond donors (Lipinski definition) is 2. The lowest BCUT2D eigenvalue weighted by molar-refractivity contribution is -0.143. The smallest absolute Gasteiger partial charge is 0.330 e. The number of aliphatic hydroxyl groups is 1. The topological polar surface area (TPSA) is 80.6 Å². The highest BCUT2D eigenvalue weighted by Crippen LogP contribution is 2.00. The molecule has 1 aromatic heterocycles. The molecule has 2 N–H and O–H groups in total. The van der Waals surface area contributed by atoms with Gasteiger partial charge in [-0.15, -0.1) is 0 Å². The summed E-state index contributed by atoms with van der Waals surface area (Å²) in [5.74, 6) is -1.11. The number of aryl methyl sites for hydroxylation is 1. The molecule has 0 aliphatic rings. The summed E-state index contributed by atoms with van der Waals surface area (Å²) < 4.78 is 6.04. The summed E-state index contributed by atoms with van der Waals surface area (Å²) >= 11 is 0. The van der Waals surface area contributed by atoms with Crippen LogP contribution in [0.15, 0.2) is 18.3 Å². The molecule has 0 spiro atoms. The number of nitrogens with zero attached hydrogens (tertiary/aromatic N) is 1. The van der Waals surface area contributed by atoms with Crippen LogP contribution in [0.25, 0.3) is 0 Å². The maximum absolute atomic E-state index is 11.7. The third-order valence-electron chi connectivity index (χ3n) is 2.15. The summed E-state index contributed by atoms with van der Waals surface area (Å²) in [5.41, 5.74) is 0.405. The summed E-state index contributed by atoms with van der Waals surface area (Å²) in [5, 5.41) is 11.3. The quantitative estimate of drug-likeness (QED) is 0.664. The van der Waals surface area contributed by atoms with Crippen LogP contribution in [-0.2, 0) is 16.6 Å². The van der Waals surface area contributed by atoms with Crippen LogP contribution in [0, 0.1) is 0 Å². The van der Waals surface area contributed by atoms with Gasteiger partial charge in [-0.1, -0.05) is 0 Å². The van der Waals surface area contributed by atoms with Gasteiger partial charge in [-0.3, -0.25) is 4.79 Å². The molecule has 0 bridgehead atoms. The largest absolute Gasteiger partial charge is 0.467 e. The zero-order chi connectivity index (χ0) is 12.1. The van der Waals surface area contributed by atoms with Crippen molar-refractivity contribution in [1.82, 2.24) is 9.88 Å². The monoisotopic (exact) mass is 226 g/mol. The van der Waals surface area contributed by atoms with E-state index in [1.165, 1.54) is 7.11 Å². The summed E-state index contributed by atoms with van der Waals surface area (Å²) in [6, 6.07) is 2.29. The minimum atomic E-state index is -1.03. The van der Waals surface area contributed by atoms with Crippen LogP contribution in [0.5, 0.6) is 0 Å². The second-order valence-electron chi connectivity index (χ2n) is 3.24. The number of esters is 1. The Bertz CT molecular complexity index is 386. The number of aromatic nitrogens is 1. The normalized spacial score (nSPS) is 11.9. The van der Waals surface area contributed by atoms with E-state index in [-0.39, 0.29) is 0 Å². The molecule has 1 unspecified atom stereocenters. The van der Waals surface area contributed by atoms with E-state index in [0.717, 1.165) is 0 Å². The maximum Gasteiger partial charge on any atom is 0.330 e. The van der Waals surface area contributed by atoms with Gasteiger partial charge in [-0.2, -0.15) is 0 Å². The lowest BCUT2D eigenvalue weighted by Gasteiger charge is -2.13. The molecule has 0 fully saturated rings. The van der Waals surface area contributed by atoms with Crippen LogP contribution < -0.4 is 5.32 Å². The third-order valence-corrected chi connectivity index (χ3v) is 2.15. The molecule has 6 heteroatoms. The first kappa shape index (κ1) is 12.3. The first-order valence-corrected chi connectivity index (χ1v) is 4.71. The van der Waals surface area contributed by atoms with Gasteiger partial charge in [-0.05, 0) is 12.1 Å². The van der Waals surface area contributed by atoms with Crippen LogP contribution in [0.4, 0.5) is 0 Å². The highest BCUT2D eigenvalue weighted by atomic mass is 16.5. The van der Waals surface area contributed by atoms with Crippen molar-refractivity contribution in [2.24, 2.45) is 7.05 Å². The summed E-state index contributed by atoms with van der Waals surface area (Å²) in [7, 11) is 2.90. The van der Waals surface area contributed by atoms with E-state index < -0.39 is 24.5 Å². The fraction of sp³-hybridized carbons (Fsp3) is 0.400. The Morgan fingerprint density at radius 1 is 1.62 bits per heavy atom. The predicted molar refractivity (Wildman–Crippen MR) is 55.8 cm³/mol. The maximum atomic E-state index is 11.7. The number of rotatable bonds is 4. The first-order chi connectivity index (χ1) is 7.60. The van der Waals surface area contributed by atoms with Crippen molar-refractivity contribution in [1.29, 1.82) is 0 Å². The Morgan fingerprint density at radius 3 is 2.75 bits per heavy atom. The van der Waals surface area contributed by atoms with Gasteiger partial charge in [0, 0.05) is 13.2 Å². The predicted octanol–water partition coefficient (Wildman–Crippen LogP) is -0.711. The van der Waals surface area contributed by atoms with Crippen LogP contribution in [0.2, 0.25) is 0 Å². The SMILES string of the molecule is COC(=O)C(CO)NC(=O)c1cccn1C. The second-order valence-corrected chi connectivity index (χ2v) is 3.24. The Morgan fingerprint density at radius 2 is 2.31 bits per heavy atom. The average molecular weight is 226 g/mol. The summed E-state index contributed by atoms with van der Waals surface area (Å²) in [6.07, 6.45) is 1.71. The van der Waals surface area contributed by atoms with E-state index in [1.807, 2.05) is 0 Å². The van der Waals surface area contributed by atoms with E-state index in [0.29, 0.717) is 5.69 Å². The van der Waals surface area contributed by atoms with E-state index in [2.05, 4.69) is 10.1 Å². The van der Waals surface area contributed by atoms with Crippen molar-refractivity contribution in [3.05, 3.63) is 24.0 Å². The number of hydrogen-bond acceptors (Lipinski definition) is 4.